The zero-order valence-electron chi connectivity index (χ0n) is 16.3. The Balaban J connectivity index is 1.61. The maximum atomic E-state index is 13.0. The molecule has 1 aliphatic rings. The molecular formula is C23H29FN2O. The predicted octanol–water partition coefficient (Wildman–Crippen LogP) is 5.96. The van der Waals surface area contributed by atoms with Crippen molar-refractivity contribution in [2.45, 2.75) is 58.9 Å². The monoisotopic (exact) mass is 368 g/mol. The molecule has 0 atom stereocenters. The Labute approximate surface area is 161 Å². The summed E-state index contributed by atoms with van der Waals surface area (Å²) >= 11 is 0. The number of halogens is 1. The molecule has 1 amide bonds. The molecule has 0 saturated heterocycles. The van der Waals surface area contributed by atoms with Gasteiger partial charge in [0.05, 0.1) is 0 Å². The van der Waals surface area contributed by atoms with Crippen LogP contribution in [-0.4, -0.2) is 5.91 Å². The molecule has 0 unspecified atom stereocenters. The van der Waals surface area contributed by atoms with E-state index in [1.807, 2.05) is 26.0 Å². The molecule has 2 N–H and O–H groups in total. The SMILES string of the molecule is Cc1ccc(NCc2ccc(F)cc2)c(C)c1NC(=O)CCC1CCCC1. The summed E-state index contributed by atoms with van der Waals surface area (Å²) in [5.74, 6) is 0.596. The van der Waals surface area contributed by atoms with E-state index in [0.717, 1.165) is 40.4 Å². The summed E-state index contributed by atoms with van der Waals surface area (Å²) < 4.78 is 13.0. The van der Waals surface area contributed by atoms with Crippen molar-refractivity contribution in [3.05, 3.63) is 58.9 Å². The first-order valence-electron chi connectivity index (χ1n) is 9.91. The van der Waals surface area contributed by atoms with E-state index in [1.165, 1.54) is 37.8 Å². The molecule has 2 aromatic rings. The number of aryl methyl sites for hydroxylation is 1. The van der Waals surface area contributed by atoms with Gasteiger partial charge in [-0.05, 0) is 61.1 Å². The molecule has 2 aromatic carbocycles. The van der Waals surface area contributed by atoms with Crippen LogP contribution in [0, 0.1) is 25.6 Å². The second-order valence-corrected chi connectivity index (χ2v) is 7.65. The fraction of sp³-hybridized carbons (Fsp3) is 0.435. The van der Waals surface area contributed by atoms with Crippen LogP contribution in [0.2, 0.25) is 0 Å². The van der Waals surface area contributed by atoms with Crippen LogP contribution >= 0.6 is 0 Å². The van der Waals surface area contributed by atoms with Crippen LogP contribution in [0.3, 0.4) is 0 Å². The van der Waals surface area contributed by atoms with E-state index in [9.17, 15) is 9.18 Å². The number of nitrogens with one attached hydrogen (secondary N) is 2. The van der Waals surface area contributed by atoms with Gasteiger partial charge in [-0.15, -0.1) is 0 Å². The Hall–Kier alpha value is -2.36. The van der Waals surface area contributed by atoms with Crippen LogP contribution in [-0.2, 0) is 11.3 Å². The van der Waals surface area contributed by atoms with Crippen molar-refractivity contribution in [1.29, 1.82) is 0 Å². The van der Waals surface area contributed by atoms with Crippen molar-refractivity contribution >= 4 is 17.3 Å². The zero-order chi connectivity index (χ0) is 19.2. The van der Waals surface area contributed by atoms with Gasteiger partial charge in [0.2, 0.25) is 5.91 Å². The molecule has 3 rings (SSSR count). The van der Waals surface area contributed by atoms with Crippen molar-refractivity contribution in [1.82, 2.24) is 0 Å². The molecule has 0 radical (unpaired) electrons. The Morgan fingerprint density at radius 3 is 2.48 bits per heavy atom. The highest BCUT2D eigenvalue weighted by molar-refractivity contribution is 5.93. The summed E-state index contributed by atoms with van der Waals surface area (Å²) in [6.07, 6.45) is 6.75. The third-order valence-corrected chi connectivity index (χ3v) is 5.59. The smallest absolute Gasteiger partial charge is 0.224 e. The Morgan fingerprint density at radius 1 is 1.07 bits per heavy atom. The second kappa shape index (κ2) is 9.03. The zero-order valence-corrected chi connectivity index (χ0v) is 16.3. The fourth-order valence-corrected chi connectivity index (χ4v) is 3.87. The molecule has 27 heavy (non-hydrogen) atoms. The maximum absolute atomic E-state index is 13.0. The van der Waals surface area contributed by atoms with Gasteiger partial charge in [0, 0.05) is 24.3 Å². The molecule has 0 bridgehead atoms. The Morgan fingerprint density at radius 2 is 1.78 bits per heavy atom. The van der Waals surface area contributed by atoms with Crippen molar-refractivity contribution in [3.63, 3.8) is 0 Å². The van der Waals surface area contributed by atoms with Crippen LogP contribution in [0.4, 0.5) is 15.8 Å². The summed E-state index contributed by atoms with van der Waals surface area (Å²) in [7, 11) is 0. The molecule has 0 heterocycles. The first kappa shape index (κ1) is 19.4. The van der Waals surface area contributed by atoms with E-state index in [-0.39, 0.29) is 11.7 Å². The topological polar surface area (TPSA) is 41.1 Å². The van der Waals surface area contributed by atoms with Gasteiger partial charge in [-0.1, -0.05) is 43.9 Å². The van der Waals surface area contributed by atoms with E-state index < -0.39 is 0 Å². The summed E-state index contributed by atoms with van der Waals surface area (Å²) in [5.41, 5.74) is 4.99. The highest BCUT2D eigenvalue weighted by Gasteiger charge is 2.17. The summed E-state index contributed by atoms with van der Waals surface area (Å²) in [4.78, 5) is 12.4. The fourth-order valence-electron chi connectivity index (χ4n) is 3.87. The molecular weight excluding hydrogens is 339 g/mol. The van der Waals surface area contributed by atoms with Crippen molar-refractivity contribution in [3.8, 4) is 0 Å². The van der Waals surface area contributed by atoms with Crippen LogP contribution in [0.1, 0.15) is 55.2 Å². The quantitative estimate of drug-likeness (QED) is 0.633. The van der Waals surface area contributed by atoms with Gasteiger partial charge in [0.15, 0.2) is 0 Å². The minimum absolute atomic E-state index is 0.101. The van der Waals surface area contributed by atoms with Crippen LogP contribution in [0.5, 0.6) is 0 Å². The van der Waals surface area contributed by atoms with E-state index in [1.54, 1.807) is 12.1 Å². The number of carbonyl (C=O) groups excluding carboxylic acids is 1. The van der Waals surface area contributed by atoms with E-state index in [4.69, 9.17) is 0 Å². The molecule has 0 aromatic heterocycles. The van der Waals surface area contributed by atoms with E-state index in [2.05, 4.69) is 10.6 Å². The average molecular weight is 368 g/mol. The van der Waals surface area contributed by atoms with Crippen molar-refractivity contribution in [2.75, 3.05) is 10.6 Å². The highest BCUT2D eigenvalue weighted by Crippen LogP contribution is 2.30. The van der Waals surface area contributed by atoms with Gasteiger partial charge in [-0.25, -0.2) is 4.39 Å². The molecule has 4 heteroatoms. The molecule has 0 spiro atoms. The van der Waals surface area contributed by atoms with E-state index in [0.29, 0.717) is 13.0 Å². The molecule has 3 nitrogen and oxygen atoms in total. The number of benzene rings is 2. The maximum Gasteiger partial charge on any atom is 0.224 e. The number of hydrogen-bond donors (Lipinski definition) is 2. The third-order valence-electron chi connectivity index (χ3n) is 5.59. The number of carbonyl (C=O) groups is 1. The van der Waals surface area contributed by atoms with Crippen LogP contribution in [0.15, 0.2) is 36.4 Å². The summed E-state index contributed by atoms with van der Waals surface area (Å²) in [5, 5.41) is 6.51. The van der Waals surface area contributed by atoms with Gasteiger partial charge in [-0.3, -0.25) is 4.79 Å². The van der Waals surface area contributed by atoms with Crippen LogP contribution < -0.4 is 10.6 Å². The number of rotatable bonds is 7. The molecule has 1 aliphatic carbocycles. The highest BCUT2D eigenvalue weighted by atomic mass is 19.1. The first-order chi connectivity index (χ1) is 13.0. The van der Waals surface area contributed by atoms with Gasteiger partial charge < -0.3 is 10.6 Å². The lowest BCUT2D eigenvalue weighted by Crippen LogP contribution is -2.15. The number of hydrogen-bond acceptors (Lipinski definition) is 2. The normalized spacial score (nSPS) is 14.3. The van der Waals surface area contributed by atoms with Gasteiger partial charge in [0.1, 0.15) is 5.82 Å². The largest absolute Gasteiger partial charge is 0.381 e. The molecule has 144 valence electrons. The van der Waals surface area contributed by atoms with Gasteiger partial charge in [0.25, 0.3) is 0 Å². The van der Waals surface area contributed by atoms with E-state index >= 15 is 0 Å². The van der Waals surface area contributed by atoms with Crippen molar-refractivity contribution in [2.24, 2.45) is 5.92 Å². The number of anilines is 2. The lowest BCUT2D eigenvalue weighted by molar-refractivity contribution is -0.116. The second-order valence-electron chi connectivity index (χ2n) is 7.65. The van der Waals surface area contributed by atoms with Crippen LogP contribution in [0.25, 0.3) is 0 Å². The summed E-state index contributed by atoms with van der Waals surface area (Å²) in [6, 6.07) is 10.5. The summed E-state index contributed by atoms with van der Waals surface area (Å²) in [6.45, 7) is 4.65. The Kier molecular flexibility index (Phi) is 6.49. The lowest BCUT2D eigenvalue weighted by Gasteiger charge is -2.17. The standard InChI is InChI=1S/C23H29FN2O/c1-16-7-13-21(25-15-19-8-11-20(24)12-9-19)17(2)23(16)26-22(27)14-10-18-5-3-4-6-18/h7-9,11-13,18,25H,3-6,10,14-15H2,1-2H3,(H,26,27). The first-order valence-corrected chi connectivity index (χ1v) is 9.91. The third kappa shape index (κ3) is 5.31. The minimum atomic E-state index is -0.229. The average Bonchev–Trinajstić information content (AvgIpc) is 3.18. The predicted molar refractivity (Wildman–Crippen MR) is 109 cm³/mol. The minimum Gasteiger partial charge on any atom is -0.381 e. The van der Waals surface area contributed by atoms with Gasteiger partial charge in [-0.2, -0.15) is 0 Å². The number of amides is 1. The molecule has 1 saturated carbocycles. The van der Waals surface area contributed by atoms with Gasteiger partial charge >= 0.3 is 0 Å². The lowest BCUT2D eigenvalue weighted by atomic mass is 10.0. The molecule has 0 aliphatic heterocycles. The Bertz CT molecular complexity index is 780. The van der Waals surface area contributed by atoms with Crippen molar-refractivity contribution < 1.29 is 9.18 Å². The molecule has 1 fully saturated rings.